The number of carbonyl (C=O) groups is 1. The number of benzene rings is 3. The van der Waals surface area contributed by atoms with E-state index >= 15 is 0 Å². The van der Waals surface area contributed by atoms with Gasteiger partial charge in [-0.3, -0.25) is 4.79 Å². The molecule has 38 heavy (non-hydrogen) atoms. The second-order valence-corrected chi connectivity index (χ2v) is 10.8. The number of anilines is 1. The van der Waals surface area contributed by atoms with Crippen molar-refractivity contribution in [3.63, 3.8) is 0 Å². The molecule has 0 unspecified atom stereocenters. The van der Waals surface area contributed by atoms with Gasteiger partial charge in [0.1, 0.15) is 11.5 Å². The van der Waals surface area contributed by atoms with Gasteiger partial charge in [0.05, 0.1) is 0 Å². The van der Waals surface area contributed by atoms with Gasteiger partial charge in [0.25, 0.3) is 11.8 Å². The lowest BCUT2D eigenvalue weighted by molar-refractivity contribution is -0.0285. The monoisotopic (exact) mass is 513 g/mol. The number of H-pyrrole nitrogens is 1. The molecule has 6 heteroatoms. The molecule has 1 aliphatic rings. The molecule has 1 heterocycles. The zero-order valence-corrected chi connectivity index (χ0v) is 22.5. The fourth-order valence-electron chi connectivity index (χ4n) is 5.03. The molecule has 0 radical (unpaired) electrons. The summed E-state index contributed by atoms with van der Waals surface area (Å²) >= 11 is 0. The highest BCUT2D eigenvalue weighted by Gasteiger charge is 2.47. The van der Waals surface area contributed by atoms with Gasteiger partial charge in [-0.2, -0.15) is 0 Å². The number of halogens is 2. The zero-order valence-electron chi connectivity index (χ0n) is 22.5. The van der Waals surface area contributed by atoms with Crippen LogP contribution in [0.25, 0.3) is 22.5 Å². The van der Waals surface area contributed by atoms with Crippen LogP contribution in [0.15, 0.2) is 60.7 Å². The first-order chi connectivity index (χ1) is 18.0. The lowest BCUT2D eigenvalue weighted by atomic mass is 9.90. The Labute approximate surface area is 222 Å². The van der Waals surface area contributed by atoms with E-state index in [1.807, 2.05) is 0 Å². The number of imidazole rings is 1. The molecule has 1 saturated carbocycles. The van der Waals surface area contributed by atoms with E-state index in [4.69, 9.17) is 0 Å². The number of carbonyl (C=O) groups excluding carboxylic acids is 1. The molecular formula is C32H33F2N3O. The standard InChI is InChI=1S/C32H33F2N3O/c1-18(2)22-14-23(28-19(3)8-6-9-20(28)4)16-24(15-22)30-35-21(5)29(37-30)31(38)36-27-11-7-10-26(17-27)32(33,34)25-12-13-25/h6-11,14-18,25H,12-13H2,1-5H3,(H,35,37)(H,36,38). The number of rotatable bonds is 7. The maximum atomic E-state index is 14.6. The van der Waals surface area contributed by atoms with Gasteiger partial charge < -0.3 is 10.3 Å². The first kappa shape index (κ1) is 25.8. The molecule has 1 aromatic heterocycles. The quantitative estimate of drug-likeness (QED) is 0.260. The van der Waals surface area contributed by atoms with Crippen molar-refractivity contribution in [2.45, 2.75) is 59.3 Å². The molecule has 5 rings (SSSR count). The van der Waals surface area contributed by atoms with Crippen molar-refractivity contribution in [1.29, 1.82) is 0 Å². The summed E-state index contributed by atoms with van der Waals surface area (Å²) in [5.74, 6) is -3.04. The summed E-state index contributed by atoms with van der Waals surface area (Å²) < 4.78 is 29.2. The fourth-order valence-corrected chi connectivity index (χ4v) is 5.03. The lowest BCUT2D eigenvalue weighted by Crippen LogP contribution is -2.18. The van der Waals surface area contributed by atoms with Crippen LogP contribution in [-0.2, 0) is 5.92 Å². The van der Waals surface area contributed by atoms with Crippen molar-refractivity contribution in [3.05, 3.63) is 94.3 Å². The van der Waals surface area contributed by atoms with Crippen molar-refractivity contribution in [3.8, 4) is 22.5 Å². The van der Waals surface area contributed by atoms with Crippen molar-refractivity contribution < 1.29 is 13.6 Å². The minimum atomic E-state index is -2.88. The molecule has 1 aliphatic carbocycles. The summed E-state index contributed by atoms with van der Waals surface area (Å²) in [5, 5.41) is 2.76. The number of aryl methyl sites for hydroxylation is 3. The zero-order chi connectivity index (χ0) is 27.2. The summed E-state index contributed by atoms with van der Waals surface area (Å²) in [7, 11) is 0. The van der Waals surface area contributed by atoms with Crippen LogP contribution in [0.2, 0.25) is 0 Å². The van der Waals surface area contributed by atoms with Crippen LogP contribution >= 0.6 is 0 Å². The molecule has 0 saturated heterocycles. The van der Waals surface area contributed by atoms with Crippen LogP contribution in [0.1, 0.15) is 71.0 Å². The summed E-state index contributed by atoms with van der Waals surface area (Å²) in [4.78, 5) is 21.1. The van der Waals surface area contributed by atoms with E-state index in [1.54, 1.807) is 19.1 Å². The third-order valence-corrected chi connectivity index (χ3v) is 7.36. The number of alkyl halides is 2. The van der Waals surface area contributed by atoms with Gasteiger partial charge in [-0.05, 0) is 91.6 Å². The van der Waals surface area contributed by atoms with Gasteiger partial charge in [0, 0.05) is 28.4 Å². The molecule has 0 spiro atoms. The lowest BCUT2D eigenvalue weighted by Gasteiger charge is -2.17. The summed E-state index contributed by atoms with van der Waals surface area (Å²) in [6.45, 7) is 10.3. The topological polar surface area (TPSA) is 57.8 Å². The Bertz CT molecular complexity index is 1490. The van der Waals surface area contributed by atoms with Crippen molar-refractivity contribution >= 4 is 11.6 Å². The third-order valence-electron chi connectivity index (χ3n) is 7.36. The highest BCUT2D eigenvalue weighted by molar-refractivity contribution is 6.04. The van der Waals surface area contributed by atoms with E-state index < -0.39 is 17.7 Å². The van der Waals surface area contributed by atoms with Crippen molar-refractivity contribution in [1.82, 2.24) is 9.97 Å². The fraction of sp³-hybridized carbons (Fsp3) is 0.312. The maximum Gasteiger partial charge on any atom is 0.276 e. The predicted octanol–water partition coefficient (Wildman–Crippen LogP) is 8.55. The molecule has 2 N–H and O–H groups in total. The second-order valence-electron chi connectivity index (χ2n) is 10.8. The second kappa shape index (κ2) is 9.82. The van der Waals surface area contributed by atoms with E-state index in [0.717, 1.165) is 11.1 Å². The minimum absolute atomic E-state index is 0.0678. The third kappa shape index (κ3) is 5.00. The Balaban J connectivity index is 1.47. The Hall–Kier alpha value is -3.80. The predicted molar refractivity (Wildman–Crippen MR) is 149 cm³/mol. The molecule has 0 bridgehead atoms. The van der Waals surface area contributed by atoms with Gasteiger partial charge >= 0.3 is 0 Å². The summed E-state index contributed by atoms with van der Waals surface area (Å²) in [6.07, 6.45) is 1.06. The normalized spacial score (nSPS) is 13.7. The molecule has 0 atom stereocenters. The number of hydrogen-bond acceptors (Lipinski definition) is 2. The molecular weight excluding hydrogens is 480 g/mol. The molecule has 1 fully saturated rings. The van der Waals surface area contributed by atoms with Crippen LogP contribution in [0.5, 0.6) is 0 Å². The van der Waals surface area contributed by atoms with Crippen LogP contribution < -0.4 is 5.32 Å². The van der Waals surface area contributed by atoms with Crippen molar-refractivity contribution in [2.75, 3.05) is 5.32 Å². The Morgan fingerprint density at radius 1 is 0.974 bits per heavy atom. The molecule has 4 nitrogen and oxygen atoms in total. The smallest absolute Gasteiger partial charge is 0.276 e. The number of amides is 1. The summed E-state index contributed by atoms with van der Waals surface area (Å²) in [5.41, 5.74) is 7.87. The van der Waals surface area contributed by atoms with Gasteiger partial charge in [0.2, 0.25) is 0 Å². The molecule has 4 aromatic rings. The van der Waals surface area contributed by atoms with Gasteiger partial charge in [-0.25, -0.2) is 13.8 Å². The van der Waals surface area contributed by atoms with E-state index in [1.165, 1.54) is 34.4 Å². The maximum absolute atomic E-state index is 14.6. The molecule has 1 amide bonds. The Kier molecular flexibility index (Phi) is 6.68. The summed E-state index contributed by atoms with van der Waals surface area (Å²) in [6, 6.07) is 18.7. The van der Waals surface area contributed by atoms with E-state index in [-0.39, 0.29) is 11.3 Å². The Morgan fingerprint density at radius 2 is 1.63 bits per heavy atom. The average Bonchev–Trinajstić information content (AvgIpc) is 3.66. The van der Waals surface area contributed by atoms with Gasteiger partial charge in [-0.15, -0.1) is 0 Å². The van der Waals surface area contributed by atoms with E-state index in [2.05, 4.69) is 79.4 Å². The number of aromatic nitrogens is 2. The van der Waals surface area contributed by atoms with Gasteiger partial charge in [-0.1, -0.05) is 50.2 Å². The van der Waals surface area contributed by atoms with E-state index in [9.17, 15) is 13.6 Å². The Morgan fingerprint density at radius 3 is 2.29 bits per heavy atom. The van der Waals surface area contributed by atoms with Crippen molar-refractivity contribution in [2.24, 2.45) is 5.92 Å². The average molecular weight is 514 g/mol. The molecule has 0 aliphatic heterocycles. The first-order valence-corrected chi connectivity index (χ1v) is 13.1. The highest BCUT2D eigenvalue weighted by Crippen LogP contribution is 2.50. The first-order valence-electron chi connectivity index (χ1n) is 13.1. The van der Waals surface area contributed by atoms with Crippen LogP contribution in [0.4, 0.5) is 14.5 Å². The minimum Gasteiger partial charge on any atom is -0.341 e. The molecule has 3 aromatic carbocycles. The largest absolute Gasteiger partial charge is 0.341 e. The number of nitrogens with one attached hydrogen (secondary N) is 2. The van der Waals surface area contributed by atoms with Crippen LogP contribution in [-0.4, -0.2) is 15.9 Å². The van der Waals surface area contributed by atoms with E-state index in [0.29, 0.717) is 36.0 Å². The number of nitrogens with zero attached hydrogens (tertiary/aromatic N) is 1. The molecule has 196 valence electrons. The highest BCUT2D eigenvalue weighted by atomic mass is 19.3. The SMILES string of the molecule is Cc1cccc(C)c1-c1cc(-c2nc(C(=O)Nc3cccc(C(F)(F)C4CC4)c3)c(C)[nH]2)cc(C(C)C)c1. The van der Waals surface area contributed by atoms with Gasteiger partial charge in [0.15, 0.2) is 0 Å². The van der Waals surface area contributed by atoms with Crippen LogP contribution in [0, 0.1) is 26.7 Å². The van der Waals surface area contributed by atoms with Crippen LogP contribution in [0.3, 0.4) is 0 Å². The number of aromatic amines is 1. The number of hydrogen-bond donors (Lipinski definition) is 2.